The molecule has 1 unspecified atom stereocenters. The van der Waals surface area contributed by atoms with Crippen LogP contribution in [-0.4, -0.2) is 59.1 Å². The minimum absolute atomic E-state index is 0.0190. The molecular formula is C23H30F2N4O5S. The molecule has 1 amide bonds. The summed E-state index contributed by atoms with van der Waals surface area (Å²) in [4.78, 5) is 14.7. The zero-order chi connectivity index (χ0) is 25.7. The van der Waals surface area contributed by atoms with Crippen molar-refractivity contribution in [1.29, 1.82) is 0 Å². The van der Waals surface area contributed by atoms with E-state index in [9.17, 15) is 22.0 Å². The van der Waals surface area contributed by atoms with Gasteiger partial charge in [-0.2, -0.15) is 9.19 Å². The van der Waals surface area contributed by atoms with Crippen LogP contribution >= 0.6 is 0 Å². The maximum absolute atomic E-state index is 14.7. The standard InChI is InChI=1S/C23H30F2N4O5S/c1-13-19(28-9-14-10-29(35(5,31)32)27-18(14)11-28)12-33-21(16-8-15(24)6-7-17(16)25)20(13)26-22(30)34-23(2,3)4/h6-8,10,13,19-21H,9,11-12H2,1-5H3,(H,26,30)/t13?,19-,20-,21+/m0/s1. The molecule has 0 bridgehead atoms. The molecular weight excluding hydrogens is 482 g/mol. The van der Waals surface area contributed by atoms with Crippen LogP contribution in [0.4, 0.5) is 13.6 Å². The molecule has 1 aromatic heterocycles. The second-order valence-electron chi connectivity index (χ2n) is 10.2. The van der Waals surface area contributed by atoms with Gasteiger partial charge >= 0.3 is 6.09 Å². The predicted octanol–water partition coefficient (Wildman–Crippen LogP) is 2.95. The highest BCUT2D eigenvalue weighted by atomic mass is 32.2. The van der Waals surface area contributed by atoms with Crippen LogP contribution in [0.2, 0.25) is 0 Å². The highest BCUT2D eigenvalue weighted by Crippen LogP contribution is 2.38. The van der Waals surface area contributed by atoms with E-state index in [0.29, 0.717) is 18.8 Å². The van der Waals surface area contributed by atoms with E-state index in [1.54, 1.807) is 20.8 Å². The van der Waals surface area contributed by atoms with Gasteiger partial charge < -0.3 is 14.8 Å². The number of carbonyl (C=O) groups excluding carboxylic acids is 1. The summed E-state index contributed by atoms with van der Waals surface area (Å²) < 4.78 is 64.7. The van der Waals surface area contributed by atoms with Crippen LogP contribution in [0.3, 0.4) is 0 Å². The first-order chi connectivity index (χ1) is 16.2. The minimum atomic E-state index is -3.48. The molecule has 0 spiro atoms. The fraction of sp³-hybridized carbons (Fsp3) is 0.565. The monoisotopic (exact) mass is 512 g/mol. The molecule has 1 N–H and O–H groups in total. The first kappa shape index (κ1) is 25.5. The van der Waals surface area contributed by atoms with Gasteiger partial charge in [-0.15, -0.1) is 0 Å². The van der Waals surface area contributed by atoms with Gasteiger partial charge in [-0.1, -0.05) is 6.92 Å². The van der Waals surface area contributed by atoms with Crippen LogP contribution in [0, 0.1) is 17.6 Å². The van der Waals surface area contributed by atoms with Crippen molar-refractivity contribution in [2.45, 2.75) is 64.6 Å². The lowest BCUT2D eigenvalue weighted by Crippen LogP contribution is -2.57. The fourth-order valence-corrected chi connectivity index (χ4v) is 5.20. The maximum Gasteiger partial charge on any atom is 0.407 e. The third kappa shape index (κ3) is 5.49. The zero-order valence-electron chi connectivity index (χ0n) is 20.3. The van der Waals surface area contributed by atoms with Crippen molar-refractivity contribution in [1.82, 2.24) is 19.4 Å². The Bertz CT molecular complexity index is 1200. The van der Waals surface area contributed by atoms with E-state index in [4.69, 9.17) is 9.47 Å². The molecule has 4 atom stereocenters. The van der Waals surface area contributed by atoms with Gasteiger partial charge in [0.15, 0.2) is 0 Å². The van der Waals surface area contributed by atoms with E-state index in [1.807, 2.05) is 6.92 Å². The smallest absolute Gasteiger partial charge is 0.407 e. The average Bonchev–Trinajstić information content (AvgIpc) is 3.29. The molecule has 1 aromatic carbocycles. The molecule has 2 aliphatic heterocycles. The lowest BCUT2D eigenvalue weighted by atomic mass is 9.83. The molecule has 192 valence electrons. The molecule has 0 radical (unpaired) electrons. The van der Waals surface area contributed by atoms with Crippen molar-refractivity contribution in [3.63, 3.8) is 0 Å². The van der Waals surface area contributed by atoms with E-state index in [1.165, 1.54) is 6.20 Å². The summed E-state index contributed by atoms with van der Waals surface area (Å²) in [6.45, 7) is 8.15. The Morgan fingerprint density at radius 3 is 2.60 bits per heavy atom. The van der Waals surface area contributed by atoms with Crippen LogP contribution < -0.4 is 5.32 Å². The molecule has 0 aliphatic carbocycles. The number of hydrogen-bond donors (Lipinski definition) is 1. The summed E-state index contributed by atoms with van der Waals surface area (Å²) in [7, 11) is -3.48. The Kier molecular flexibility index (Phi) is 6.66. The van der Waals surface area contributed by atoms with Crippen molar-refractivity contribution in [2.75, 3.05) is 12.9 Å². The molecule has 35 heavy (non-hydrogen) atoms. The number of amides is 1. The van der Waals surface area contributed by atoms with Crippen LogP contribution in [0.1, 0.15) is 50.6 Å². The van der Waals surface area contributed by atoms with Crippen molar-refractivity contribution < 1.29 is 31.5 Å². The largest absolute Gasteiger partial charge is 0.444 e. The maximum atomic E-state index is 14.7. The molecule has 4 rings (SSSR count). The average molecular weight is 513 g/mol. The zero-order valence-corrected chi connectivity index (χ0v) is 21.1. The summed E-state index contributed by atoms with van der Waals surface area (Å²) in [5, 5.41) is 7.01. The summed E-state index contributed by atoms with van der Waals surface area (Å²) in [6.07, 6.45) is 0.974. The number of rotatable bonds is 4. The lowest BCUT2D eigenvalue weighted by molar-refractivity contribution is -0.0901. The Balaban J connectivity index is 1.58. The molecule has 0 saturated carbocycles. The second kappa shape index (κ2) is 9.14. The SMILES string of the molecule is CC1[C@H](NC(=O)OC(C)(C)C)[C@@H](c2cc(F)ccc2F)OC[C@@H]1N1Cc2cn(S(C)(=O)=O)nc2C1. The third-order valence-electron chi connectivity index (χ3n) is 6.29. The summed E-state index contributed by atoms with van der Waals surface area (Å²) >= 11 is 0. The summed E-state index contributed by atoms with van der Waals surface area (Å²) in [6, 6.07) is 2.22. The van der Waals surface area contributed by atoms with Gasteiger partial charge in [0.05, 0.1) is 24.6 Å². The number of ether oxygens (including phenoxy) is 2. The minimum Gasteiger partial charge on any atom is -0.444 e. The predicted molar refractivity (Wildman–Crippen MR) is 123 cm³/mol. The number of fused-ring (bicyclic) bond motifs is 1. The number of halogens is 2. The number of nitrogens with zero attached hydrogens (tertiary/aromatic N) is 3. The molecule has 9 nitrogen and oxygen atoms in total. The van der Waals surface area contributed by atoms with E-state index >= 15 is 0 Å². The number of alkyl carbamates (subject to hydrolysis) is 1. The first-order valence-electron chi connectivity index (χ1n) is 11.3. The highest BCUT2D eigenvalue weighted by Gasteiger charge is 2.44. The quantitative estimate of drug-likeness (QED) is 0.672. The molecule has 2 aliphatic rings. The van der Waals surface area contributed by atoms with Gasteiger partial charge in [0.1, 0.15) is 23.3 Å². The number of aromatic nitrogens is 2. The van der Waals surface area contributed by atoms with Gasteiger partial charge in [0.25, 0.3) is 10.0 Å². The van der Waals surface area contributed by atoms with Gasteiger partial charge in [0.2, 0.25) is 0 Å². The van der Waals surface area contributed by atoms with Crippen LogP contribution in [0.15, 0.2) is 24.4 Å². The molecule has 2 aromatic rings. The van der Waals surface area contributed by atoms with E-state index in [0.717, 1.165) is 34.1 Å². The molecule has 3 heterocycles. The molecule has 12 heteroatoms. The van der Waals surface area contributed by atoms with Crippen molar-refractivity contribution >= 4 is 16.1 Å². The van der Waals surface area contributed by atoms with Crippen molar-refractivity contribution in [2.24, 2.45) is 5.92 Å². The molecule has 1 saturated heterocycles. The Morgan fingerprint density at radius 2 is 1.97 bits per heavy atom. The summed E-state index contributed by atoms with van der Waals surface area (Å²) in [5.74, 6) is -1.49. The van der Waals surface area contributed by atoms with E-state index < -0.39 is 45.5 Å². The van der Waals surface area contributed by atoms with Gasteiger partial charge in [0, 0.05) is 36.5 Å². The lowest BCUT2D eigenvalue weighted by Gasteiger charge is -2.45. The van der Waals surface area contributed by atoms with Gasteiger partial charge in [-0.05, 0) is 44.9 Å². The van der Waals surface area contributed by atoms with Gasteiger partial charge in [-0.3, -0.25) is 4.90 Å². The third-order valence-corrected chi connectivity index (χ3v) is 7.15. The van der Waals surface area contributed by atoms with E-state index in [2.05, 4.69) is 15.3 Å². The summed E-state index contributed by atoms with van der Waals surface area (Å²) in [5.41, 5.74) is 0.713. The Morgan fingerprint density at radius 1 is 1.26 bits per heavy atom. The number of nitrogens with one attached hydrogen (secondary N) is 1. The van der Waals surface area contributed by atoms with Crippen LogP contribution in [0.5, 0.6) is 0 Å². The second-order valence-corrected chi connectivity index (χ2v) is 12.0. The van der Waals surface area contributed by atoms with Crippen LogP contribution in [-0.2, 0) is 32.6 Å². The van der Waals surface area contributed by atoms with Gasteiger partial charge in [-0.25, -0.2) is 22.0 Å². The molecule has 1 fully saturated rings. The fourth-order valence-electron chi connectivity index (χ4n) is 4.63. The Hall–Kier alpha value is -2.57. The number of benzene rings is 1. The van der Waals surface area contributed by atoms with Crippen LogP contribution in [0.25, 0.3) is 0 Å². The van der Waals surface area contributed by atoms with E-state index in [-0.39, 0.29) is 24.1 Å². The number of hydrogen-bond acceptors (Lipinski definition) is 7. The first-order valence-corrected chi connectivity index (χ1v) is 13.2. The highest BCUT2D eigenvalue weighted by molar-refractivity contribution is 7.89. The normalized spacial score (nSPS) is 25.3. The Labute approximate surface area is 203 Å². The van der Waals surface area contributed by atoms with Crippen molar-refractivity contribution in [3.8, 4) is 0 Å². The number of carbonyl (C=O) groups is 1. The van der Waals surface area contributed by atoms with Crippen molar-refractivity contribution in [3.05, 3.63) is 52.9 Å². The topological polar surface area (TPSA) is 103 Å².